The fourth-order valence-electron chi connectivity index (χ4n) is 2.72. The van der Waals surface area contributed by atoms with Gasteiger partial charge in [-0.2, -0.15) is 17.4 Å². The number of nitrogens with zero attached hydrogens (tertiary/aromatic N) is 1. The van der Waals surface area contributed by atoms with Crippen molar-refractivity contribution >= 4 is 27.1 Å². The summed E-state index contributed by atoms with van der Waals surface area (Å²) in [5.41, 5.74) is 2.98. The lowest BCUT2D eigenvalue weighted by Gasteiger charge is -2.27. The number of carboxylic acid groups (broad SMARTS) is 1. The molecule has 118 valence electrons. The van der Waals surface area contributed by atoms with Crippen molar-refractivity contribution in [1.82, 2.24) is 14.0 Å². The molecule has 0 spiro atoms. The maximum Gasteiger partial charge on any atom is 0.321 e. The van der Waals surface area contributed by atoms with Crippen LogP contribution in [0.3, 0.4) is 0 Å². The van der Waals surface area contributed by atoms with E-state index in [-0.39, 0.29) is 6.54 Å². The highest BCUT2D eigenvalue weighted by Crippen LogP contribution is 2.28. The number of rotatable bonds is 4. The van der Waals surface area contributed by atoms with Crippen molar-refractivity contribution in [3.63, 3.8) is 0 Å². The van der Waals surface area contributed by atoms with E-state index in [1.165, 1.54) is 11.2 Å². The molecule has 0 bridgehead atoms. The number of aromatic nitrogens is 1. The van der Waals surface area contributed by atoms with Crippen molar-refractivity contribution in [2.75, 3.05) is 6.54 Å². The van der Waals surface area contributed by atoms with Gasteiger partial charge in [-0.15, -0.1) is 0 Å². The molecule has 0 saturated carbocycles. The summed E-state index contributed by atoms with van der Waals surface area (Å²) >= 11 is 0. The van der Waals surface area contributed by atoms with Gasteiger partial charge in [0.15, 0.2) is 0 Å². The number of carboxylic acids is 1. The van der Waals surface area contributed by atoms with Gasteiger partial charge in [-0.25, -0.2) is 0 Å². The average molecular weight is 323 g/mol. The zero-order valence-corrected chi connectivity index (χ0v) is 12.9. The van der Waals surface area contributed by atoms with Gasteiger partial charge >= 0.3 is 5.97 Å². The highest BCUT2D eigenvalue weighted by molar-refractivity contribution is 7.87. The highest BCUT2D eigenvalue weighted by Gasteiger charge is 2.30. The molecule has 2 heterocycles. The van der Waals surface area contributed by atoms with Gasteiger partial charge in [0.25, 0.3) is 10.2 Å². The summed E-state index contributed by atoms with van der Waals surface area (Å²) in [6, 6.07) is 6.69. The smallest absolute Gasteiger partial charge is 0.321 e. The number of aliphatic carboxylic acids is 1. The molecule has 8 heteroatoms. The topological polar surface area (TPSA) is 103 Å². The molecule has 1 aliphatic rings. The number of fused-ring (bicyclic) bond motifs is 3. The Kier molecular flexibility index (Phi) is 3.67. The SMILES string of the molecule is C[C@@H](NS(=O)(=O)N1CCc2c([nH]c3ccccc23)C1)C(=O)O. The minimum Gasteiger partial charge on any atom is -0.480 e. The second kappa shape index (κ2) is 5.38. The third-order valence-corrected chi connectivity index (χ3v) is 5.53. The Morgan fingerprint density at radius 3 is 2.86 bits per heavy atom. The number of para-hydroxylation sites is 1. The summed E-state index contributed by atoms with van der Waals surface area (Å²) in [6.45, 7) is 1.85. The normalized spacial score (nSPS) is 17.3. The number of carbonyl (C=O) groups is 1. The number of benzene rings is 1. The minimum atomic E-state index is -3.83. The Labute approximate surface area is 128 Å². The van der Waals surface area contributed by atoms with Crippen LogP contribution in [0.15, 0.2) is 24.3 Å². The monoisotopic (exact) mass is 323 g/mol. The Morgan fingerprint density at radius 1 is 1.41 bits per heavy atom. The molecule has 0 aliphatic carbocycles. The molecule has 0 amide bonds. The molecule has 1 aromatic heterocycles. The molecule has 0 unspecified atom stereocenters. The first-order valence-electron chi connectivity index (χ1n) is 6.97. The second-order valence-electron chi connectivity index (χ2n) is 5.39. The minimum absolute atomic E-state index is 0.214. The van der Waals surface area contributed by atoms with Crippen molar-refractivity contribution in [2.45, 2.75) is 25.9 Å². The number of aromatic amines is 1. The molecule has 3 N–H and O–H groups in total. The number of hydrogen-bond donors (Lipinski definition) is 3. The van der Waals surface area contributed by atoms with Crippen LogP contribution in [0.1, 0.15) is 18.2 Å². The van der Waals surface area contributed by atoms with Crippen LogP contribution in [0.5, 0.6) is 0 Å². The predicted octanol–water partition coefficient (Wildman–Crippen LogP) is 0.833. The average Bonchev–Trinajstić information content (AvgIpc) is 2.84. The lowest BCUT2D eigenvalue weighted by atomic mass is 10.1. The molecule has 0 fully saturated rings. The van der Waals surface area contributed by atoms with E-state index in [0.29, 0.717) is 13.0 Å². The zero-order chi connectivity index (χ0) is 15.9. The van der Waals surface area contributed by atoms with Crippen molar-refractivity contribution in [3.8, 4) is 0 Å². The zero-order valence-electron chi connectivity index (χ0n) is 12.0. The van der Waals surface area contributed by atoms with E-state index in [1.54, 1.807) is 0 Å². The van der Waals surface area contributed by atoms with E-state index in [2.05, 4.69) is 9.71 Å². The summed E-state index contributed by atoms with van der Waals surface area (Å²) in [5, 5.41) is 9.96. The van der Waals surface area contributed by atoms with E-state index < -0.39 is 22.2 Å². The van der Waals surface area contributed by atoms with E-state index in [9.17, 15) is 13.2 Å². The van der Waals surface area contributed by atoms with Crippen molar-refractivity contribution < 1.29 is 18.3 Å². The van der Waals surface area contributed by atoms with Crippen LogP contribution < -0.4 is 4.72 Å². The van der Waals surface area contributed by atoms with Gasteiger partial charge in [0.2, 0.25) is 0 Å². The molecule has 1 atom stereocenters. The number of nitrogens with one attached hydrogen (secondary N) is 2. The van der Waals surface area contributed by atoms with Crippen LogP contribution >= 0.6 is 0 Å². The van der Waals surface area contributed by atoms with Gasteiger partial charge in [0.1, 0.15) is 6.04 Å². The fraction of sp³-hybridized carbons (Fsp3) is 0.357. The molecule has 0 saturated heterocycles. The van der Waals surface area contributed by atoms with E-state index >= 15 is 0 Å². The van der Waals surface area contributed by atoms with E-state index in [0.717, 1.165) is 22.2 Å². The third-order valence-electron chi connectivity index (χ3n) is 3.88. The first-order chi connectivity index (χ1) is 10.4. The van der Waals surface area contributed by atoms with Crippen LogP contribution in [-0.4, -0.2) is 41.4 Å². The molecule has 1 aromatic carbocycles. The summed E-state index contributed by atoms with van der Waals surface area (Å²) in [4.78, 5) is 14.1. The molecule has 7 nitrogen and oxygen atoms in total. The summed E-state index contributed by atoms with van der Waals surface area (Å²) in [7, 11) is -3.83. The molecule has 22 heavy (non-hydrogen) atoms. The van der Waals surface area contributed by atoms with Crippen molar-refractivity contribution in [1.29, 1.82) is 0 Å². The largest absolute Gasteiger partial charge is 0.480 e. The summed E-state index contributed by atoms with van der Waals surface area (Å²) < 4.78 is 28.0. The summed E-state index contributed by atoms with van der Waals surface area (Å²) in [5.74, 6) is -1.20. The predicted molar refractivity (Wildman–Crippen MR) is 81.6 cm³/mol. The lowest BCUT2D eigenvalue weighted by Crippen LogP contribution is -2.48. The quantitative estimate of drug-likeness (QED) is 0.775. The molecular formula is C14H17N3O4S. The molecule has 3 rings (SSSR count). The van der Waals surface area contributed by atoms with Crippen molar-refractivity contribution in [3.05, 3.63) is 35.5 Å². The van der Waals surface area contributed by atoms with E-state index in [4.69, 9.17) is 5.11 Å². The van der Waals surface area contributed by atoms with Gasteiger partial charge in [0, 0.05) is 23.1 Å². The maximum absolute atomic E-state index is 12.3. The Hall–Kier alpha value is -1.90. The first kappa shape index (κ1) is 15.0. The number of H-pyrrole nitrogens is 1. The third kappa shape index (κ3) is 2.60. The first-order valence-corrected chi connectivity index (χ1v) is 8.41. The molecular weight excluding hydrogens is 306 g/mol. The van der Waals surface area contributed by atoms with Crippen LogP contribution in [0.2, 0.25) is 0 Å². The fourth-order valence-corrected chi connectivity index (χ4v) is 4.05. The van der Waals surface area contributed by atoms with Gasteiger partial charge in [-0.3, -0.25) is 4.79 Å². The standard InChI is InChI=1S/C14H17N3O4S/c1-9(14(18)19)16-22(20,21)17-7-6-11-10-4-2-3-5-12(10)15-13(11)8-17/h2-5,9,15-16H,6-8H2,1H3,(H,18,19)/t9-/m1/s1. The Bertz CT molecular complexity index is 828. The van der Waals surface area contributed by atoms with E-state index in [1.807, 2.05) is 24.3 Å². The van der Waals surface area contributed by atoms with Gasteiger partial charge < -0.3 is 10.1 Å². The van der Waals surface area contributed by atoms with Crippen molar-refractivity contribution in [2.24, 2.45) is 0 Å². The molecule has 2 aromatic rings. The van der Waals surface area contributed by atoms with Crippen LogP contribution in [0, 0.1) is 0 Å². The Balaban J connectivity index is 1.86. The maximum atomic E-state index is 12.3. The highest BCUT2D eigenvalue weighted by atomic mass is 32.2. The lowest BCUT2D eigenvalue weighted by molar-refractivity contribution is -0.138. The van der Waals surface area contributed by atoms with Gasteiger partial charge in [-0.05, 0) is 25.0 Å². The molecule has 1 aliphatic heterocycles. The number of hydrogen-bond acceptors (Lipinski definition) is 3. The second-order valence-corrected chi connectivity index (χ2v) is 7.10. The Morgan fingerprint density at radius 2 is 2.14 bits per heavy atom. The van der Waals surface area contributed by atoms with Gasteiger partial charge in [-0.1, -0.05) is 18.2 Å². The molecule has 0 radical (unpaired) electrons. The van der Waals surface area contributed by atoms with Gasteiger partial charge in [0.05, 0.1) is 6.54 Å². The van der Waals surface area contributed by atoms with Crippen LogP contribution in [-0.2, 0) is 28.0 Å². The van der Waals surface area contributed by atoms with Crippen LogP contribution in [0.25, 0.3) is 10.9 Å². The summed E-state index contributed by atoms with van der Waals surface area (Å²) in [6.07, 6.45) is 0.599. The van der Waals surface area contributed by atoms with Crippen LogP contribution in [0.4, 0.5) is 0 Å².